The third-order valence-electron chi connectivity index (χ3n) is 2.58. The van der Waals surface area contributed by atoms with Crippen LogP contribution in [0.15, 0.2) is 24.5 Å². The summed E-state index contributed by atoms with van der Waals surface area (Å²) in [7, 11) is 0. The van der Waals surface area contributed by atoms with Crippen molar-refractivity contribution >= 4 is 5.82 Å². The fourth-order valence-corrected chi connectivity index (χ4v) is 1.65. The highest BCUT2D eigenvalue weighted by Crippen LogP contribution is 2.14. The Kier molecular flexibility index (Phi) is 3.82. The van der Waals surface area contributed by atoms with Gasteiger partial charge in [-0.3, -0.25) is 4.98 Å². The molecular weight excluding hydrogens is 231 g/mol. The molecule has 1 N–H and O–H groups in total. The number of aryl methyl sites for hydroxylation is 2. The average molecular weight is 246 g/mol. The number of hydrogen-bond donors (Lipinski definition) is 1. The lowest BCUT2D eigenvalue weighted by Gasteiger charge is -2.08. The maximum absolute atomic E-state index is 13.8. The van der Waals surface area contributed by atoms with E-state index in [1.54, 1.807) is 0 Å². The maximum Gasteiger partial charge on any atom is 0.186 e. The van der Waals surface area contributed by atoms with Crippen molar-refractivity contribution in [3.63, 3.8) is 0 Å². The molecule has 5 heteroatoms. The zero-order chi connectivity index (χ0) is 13.0. The van der Waals surface area contributed by atoms with E-state index in [1.165, 1.54) is 6.33 Å². The van der Waals surface area contributed by atoms with Crippen LogP contribution in [0.3, 0.4) is 0 Å². The van der Waals surface area contributed by atoms with Gasteiger partial charge in [0.2, 0.25) is 0 Å². The normalized spacial score (nSPS) is 10.4. The van der Waals surface area contributed by atoms with E-state index in [1.807, 2.05) is 32.0 Å². The molecule has 0 saturated heterocycles. The number of anilines is 1. The number of nitrogens with one attached hydrogen (secondary N) is 1. The monoisotopic (exact) mass is 246 g/mol. The molecule has 2 heterocycles. The summed E-state index contributed by atoms with van der Waals surface area (Å²) in [5.41, 5.74) is 2.21. The van der Waals surface area contributed by atoms with Gasteiger partial charge in [-0.2, -0.15) is 0 Å². The lowest BCUT2D eigenvalue weighted by Crippen LogP contribution is -2.08. The molecule has 0 bridgehead atoms. The van der Waals surface area contributed by atoms with Crippen LogP contribution in [-0.4, -0.2) is 15.0 Å². The maximum atomic E-state index is 13.8. The summed E-state index contributed by atoms with van der Waals surface area (Å²) in [6, 6.07) is 5.73. The molecule has 0 aliphatic rings. The molecule has 0 fully saturated rings. The number of halogens is 1. The largest absolute Gasteiger partial charge is 0.362 e. The van der Waals surface area contributed by atoms with Gasteiger partial charge < -0.3 is 5.32 Å². The Bertz CT molecular complexity index is 542. The minimum absolute atomic E-state index is 0.227. The van der Waals surface area contributed by atoms with E-state index in [-0.39, 0.29) is 11.6 Å². The first-order valence-electron chi connectivity index (χ1n) is 5.86. The summed E-state index contributed by atoms with van der Waals surface area (Å²) in [6.07, 6.45) is 1.92. The van der Waals surface area contributed by atoms with E-state index in [9.17, 15) is 4.39 Å². The molecule has 0 radical (unpaired) electrons. The smallest absolute Gasteiger partial charge is 0.186 e. The molecule has 0 spiro atoms. The van der Waals surface area contributed by atoms with Crippen LogP contribution in [0.2, 0.25) is 0 Å². The Morgan fingerprint density at radius 2 is 2.11 bits per heavy atom. The van der Waals surface area contributed by atoms with Gasteiger partial charge in [0.15, 0.2) is 11.6 Å². The Hall–Kier alpha value is -2.04. The molecule has 2 rings (SSSR count). The zero-order valence-corrected chi connectivity index (χ0v) is 10.4. The summed E-state index contributed by atoms with van der Waals surface area (Å²) in [6.45, 7) is 4.22. The molecular formula is C13H15FN4. The molecule has 0 saturated carbocycles. The Morgan fingerprint density at radius 3 is 2.83 bits per heavy atom. The van der Waals surface area contributed by atoms with Crippen molar-refractivity contribution in [2.75, 3.05) is 5.32 Å². The van der Waals surface area contributed by atoms with Crippen LogP contribution in [0.5, 0.6) is 0 Å². The van der Waals surface area contributed by atoms with Gasteiger partial charge in [0.1, 0.15) is 6.33 Å². The van der Waals surface area contributed by atoms with Gasteiger partial charge in [-0.1, -0.05) is 13.0 Å². The first-order chi connectivity index (χ1) is 8.70. The van der Waals surface area contributed by atoms with Gasteiger partial charge in [-0.15, -0.1) is 0 Å². The van der Waals surface area contributed by atoms with Gasteiger partial charge >= 0.3 is 0 Å². The van der Waals surface area contributed by atoms with Crippen molar-refractivity contribution in [3.8, 4) is 0 Å². The van der Waals surface area contributed by atoms with Gasteiger partial charge in [-0.05, 0) is 25.5 Å². The molecule has 0 aliphatic carbocycles. The molecule has 94 valence electrons. The van der Waals surface area contributed by atoms with Crippen LogP contribution < -0.4 is 5.32 Å². The van der Waals surface area contributed by atoms with Crippen molar-refractivity contribution in [2.45, 2.75) is 26.8 Å². The van der Waals surface area contributed by atoms with Crippen molar-refractivity contribution in [1.82, 2.24) is 15.0 Å². The van der Waals surface area contributed by atoms with Crippen molar-refractivity contribution in [2.24, 2.45) is 0 Å². The predicted octanol–water partition coefficient (Wildman–Crippen LogP) is 2.49. The van der Waals surface area contributed by atoms with Gasteiger partial charge in [0.05, 0.1) is 17.9 Å². The van der Waals surface area contributed by atoms with Crippen molar-refractivity contribution < 1.29 is 4.39 Å². The number of aromatic nitrogens is 3. The minimum atomic E-state index is -0.382. The van der Waals surface area contributed by atoms with E-state index in [0.29, 0.717) is 18.7 Å². The van der Waals surface area contributed by atoms with E-state index in [4.69, 9.17) is 0 Å². The minimum Gasteiger partial charge on any atom is -0.362 e. The molecule has 0 aliphatic heterocycles. The number of nitrogens with zero attached hydrogens (tertiary/aromatic N) is 3. The molecule has 0 atom stereocenters. The van der Waals surface area contributed by atoms with Crippen molar-refractivity contribution in [1.29, 1.82) is 0 Å². The molecule has 2 aromatic heterocycles. The Morgan fingerprint density at radius 1 is 1.28 bits per heavy atom. The summed E-state index contributed by atoms with van der Waals surface area (Å²) in [4.78, 5) is 12.1. The number of pyridine rings is 1. The predicted molar refractivity (Wildman–Crippen MR) is 67.7 cm³/mol. The fourth-order valence-electron chi connectivity index (χ4n) is 1.65. The lowest BCUT2D eigenvalue weighted by atomic mass is 10.3. The second-order valence-corrected chi connectivity index (χ2v) is 3.96. The third-order valence-corrected chi connectivity index (χ3v) is 2.58. The summed E-state index contributed by atoms with van der Waals surface area (Å²) in [5.74, 6) is -0.155. The quantitative estimate of drug-likeness (QED) is 0.900. The van der Waals surface area contributed by atoms with Crippen LogP contribution >= 0.6 is 0 Å². The van der Waals surface area contributed by atoms with Crippen LogP contribution in [0.25, 0.3) is 0 Å². The zero-order valence-electron chi connectivity index (χ0n) is 10.4. The van der Waals surface area contributed by atoms with E-state index >= 15 is 0 Å². The highest BCUT2D eigenvalue weighted by molar-refractivity contribution is 5.37. The SMILES string of the molecule is CCc1ncnc(NCc2cccc(C)n2)c1F. The van der Waals surface area contributed by atoms with Gasteiger partial charge in [0.25, 0.3) is 0 Å². The summed E-state index contributed by atoms with van der Waals surface area (Å²) in [5, 5.41) is 2.94. The van der Waals surface area contributed by atoms with Crippen LogP contribution in [0, 0.1) is 12.7 Å². The molecule has 4 nitrogen and oxygen atoms in total. The standard InChI is InChI=1S/C13H15FN4/c1-3-11-12(14)13(17-8-16-11)15-7-10-6-4-5-9(2)18-10/h4-6,8H,3,7H2,1-2H3,(H,15,16,17). The highest BCUT2D eigenvalue weighted by atomic mass is 19.1. The first-order valence-corrected chi connectivity index (χ1v) is 5.86. The topological polar surface area (TPSA) is 50.7 Å². The fraction of sp³-hybridized carbons (Fsp3) is 0.308. The van der Waals surface area contributed by atoms with E-state index in [0.717, 1.165) is 11.4 Å². The second-order valence-electron chi connectivity index (χ2n) is 3.96. The molecule has 0 unspecified atom stereocenters. The molecule has 0 amide bonds. The molecule has 18 heavy (non-hydrogen) atoms. The van der Waals surface area contributed by atoms with Gasteiger partial charge in [0, 0.05) is 5.69 Å². The van der Waals surface area contributed by atoms with E-state index < -0.39 is 0 Å². The summed E-state index contributed by atoms with van der Waals surface area (Å²) < 4.78 is 13.8. The van der Waals surface area contributed by atoms with E-state index in [2.05, 4.69) is 20.3 Å². The van der Waals surface area contributed by atoms with Crippen molar-refractivity contribution in [3.05, 3.63) is 47.4 Å². The first kappa shape index (κ1) is 12.4. The van der Waals surface area contributed by atoms with Crippen LogP contribution in [0.4, 0.5) is 10.2 Å². The average Bonchev–Trinajstić information content (AvgIpc) is 2.38. The molecule has 0 aromatic carbocycles. The number of rotatable bonds is 4. The van der Waals surface area contributed by atoms with Gasteiger partial charge in [-0.25, -0.2) is 14.4 Å². The van der Waals surface area contributed by atoms with Crippen LogP contribution in [0.1, 0.15) is 24.0 Å². The lowest BCUT2D eigenvalue weighted by molar-refractivity contribution is 0.596. The highest BCUT2D eigenvalue weighted by Gasteiger charge is 2.09. The second kappa shape index (κ2) is 5.53. The molecule has 2 aromatic rings. The Labute approximate surface area is 105 Å². The van der Waals surface area contributed by atoms with Crippen LogP contribution in [-0.2, 0) is 13.0 Å². The summed E-state index contributed by atoms with van der Waals surface area (Å²) >= 11 is 0. The third kappa shape index (κ3) is 2.80. The Balaban J connectivity index is 2.11. The number of hydrogen-bond acceptors (Lipinski definition) is 4.